The van der Waals surface area contributed by atoms with Crippen LogP contribution in [0.1, 0.15) is 32.8 Å². The highest BCUT2D eigenvalue weighted by molar-refractivity contribution is 5.91. The summed E-state index contributed by atoms with van der Waals surface area (Å²) in [5.74, 6) is -0.143. The number of aryl methyl sites for hydroxylation is 1. The molecule has 0 heterocycles. The number of benzene rings is 1. The highest BCUT2D eigenvalue weighted by atomic mass is 16.2. The Kier molecular flexibility index (Phi) is 5.10. The minimum Gasteiger partial charge on any atom is -0.355 e. The van der Waals surface area contributed by atoms with Crippen LogP contribution in [0.5, 0.6) is 0 Å². The molecule has 1 aromatic carbocycles. The molecule has 0 radical (unpaired) electrons. The molecule has 0 saturated carbocycles. The first-order valence-electron chi connectivity index (χ1n) is 6.44. The molecule has 0 saturated heterocycles. The number of amides is 2. The van der Waals surface area contributed by atoms with Crippen molar-refractivity contribution in [3.8, 4) is 0 Å². The van der Waals surface area contributed by atoms with Gasteiger partial charge in [-0.25, -0.2) is 0 Å². The lowest BCUT2D eigenvalue weighted by atomic mass is 9.96. The molecule has 0 fully saturated rings. The average Bonchev–Trinajstić information content (AvgIpc) is 2.27. The van der Waals surface area contributed by atoms with Gasteiger partial charge in [0.05, 0.1) is 0 Å². The van der Waals surface area contributed by atoms with Crippen molar-refractivity contribution in [2.45, 2.75) is 34.1 Å². The van der Waals surface area contributed by atoms with Crippen LogP contribution < -0.4 is 10.6 Å². The fourth-order valence-corrected chi connectivity index (χ4v) is 1.50. The summed E-state index contributed by atoms with van der Waals surface area (Å²) in [5.41, 5.74) is 1.46. The van der Waals surface area contributed by atoms with Crippen LogP contribution in [0, 0.1) is 12.3 Å². The third kappa shape index (κ3) is 5.55. The molecule has 4 heteroatoms. The zero-order valence-electron chi connectivity index (χ0n) is 12.0. The summed E-state index contributed by atoms with van der Waals surface area (Å²) in [6.45, 7) is 7.85. The van der Waals surface area contributed by atoms with Gasteiger partial charge in [0.15, 0.2) is 0 Å². The summed E-state index contributed by atoms with van der Waals surface area (Å²) in [7, 11) is 0. The van der Waals surface area contributed by atoms with Crippen LogP contribution in [0.3, 0.4) is 0 Å². The van der Waals surface area contributed by atoms with Crippen molar-refractivity contribution >= 4 is 17.5 Å². The van der Waals surface area contributed by atoms with Crippen molar-refractivity contribution in [2.75, 3.05) is 11.9 Å². The molecule has 2 N–H and O–H groups in total. The highest BCUT2D eigenvalue weighted by Crippen LogP contribution is 2.12. The van der Waals surface area contributed by atoms with E-state index in [4.69, 9.17) is 0 Å². The number of anilines is 1. The van der Waals surface area contributed by atoms with E-state index in [0.29, 0.717) is 6.54 Å². The molecular weight excluding hydrogens is 240 g/mol. The Hall–Kier alpha value is -1.84. The number of carbonyl (C=O) groups excluding carboxylic acids is 2. The molecule has 0 aliphatic rings. The molecule has 104 valence electrons. The maximum Gasteiger partial charge on any atom is 0.226 e. The summed E-state index contributed by atoms with van der Waals surface area (Å²) in [6, 6.07) is 7.62. The summed E-state index contributed by atoms with van der Waals surface area (Å²) in [5, 5.41) is 5.56. The largest absolute Gasteiger partial charge is 0.355 e. The molecule has 0 aromatic heterocycles. The van der Waals surface area contributed by atoms with Gasteiger partial charge in [-0.15, -0.1) is 0 Å². The zero-order chi connectivity index (χ0) is 14.5. The predicted molar refractivity (Wildman–Crippen MR) is 76.9 cm³/mol. The van der Waals surface area contributed by atoms with Gasteiger partial charge >= 0.3 is 0 Å². The Bertz CT molecular complexity index is 461. The normalized spacial score (nSPS) is 10.9. The van der Waals surface area contributed by atoms with E-state index < -0.39 is 5.41 Å². The molecule has 2 amide bonds. The van der Waals surface area contributed by atoms with Gasteiger partial charge < -0.3 is 10.6 Å². The maximum absolute atomic E-state index is 11.7. The topological polar surface area (TPSA) is 58.2 Å². The minimum atomic E-state index is -0.424. The lowest BCUT2D eigenvalue weighted by molar-refractivity contribution is -0.128. The first-order chi connectivity index (χ1) is 8.79. The first-order valence-corrected chi connectivity index (χ1v) is 6.44. The smallest absolute Gasteiger partial charge is 0.226 e. The van der Waals surface area contributed by atoms with Crippen LogP contribution in [0.25, 0.3) is 0 Å². The Morgan fingerprint density at radius 2 is 1.89 bits per heavy atom. The molecule has 0 unspecified atom stereocenters. The van der Waals surface area contributed by atoms with Crippen LogP contribution >= 0.6 is 0 Å². The molecule has 1 aromatic rings. The molecule has 0 aliphatic heterocycles. The summed E-state index contributed by atoms with van der Waals surface area (Å²) >= 11 is 0. The monoisotopic (exact) mass is 262 g/mol. The van der Waals surface area contributed by atoms with Gasteiger partial charge in [0.1, 0.15) is 0 Å². The SMILES string of the molecule is Cc1cccc(NC(=O)CCNC(=O)C(C)(C)C)c1. The molecule has 0 bridgehead atoms. The van der Waals surface area contributed by atoms with Gasteiger partial charge in [0, 0.05) is 24.1 Å². The van der Waals surface area contributed by atoms with E-state index in [1.54, 1.807) is 0 Å². The van der Waals surface area contributed by atoms with E-state index in [2.05, 4.69) is 10.6 Å². The van der Waals surface area contributed by atoms with Gasteiger partial charge in [-0.2, -0.15) is 0 Å². The van der Waals surface area contributed by atoms with Gasteiger partial charge in [0.2, 0.25) is 11.8 Å². The summed E-state index contributed by atoms with van der Waals surface area (Å²) < 4.78 is 0. The van der Waals surface area contributed by atoms with Crippen LogP contribution in [-0.4, -0.2) is 18.4 Å². The Morgan fingerprint density at radius 3 is 2.47 bits per heavy atom. The van der Waals surface area contributed by atoms with Crippen molar-refractivity contribution < 1.29 is 9.59 Å². The number of rotatable bonds is 4. The third-order valence-electron chi connectivity index (χ3n) is 2.62. The fraction of sp³-hybridized carbons (Fsp3) is 0.467. The van der Waals surface area contributed by atoms with Gasteiger partial charge in [-0.3, -0.25) is 9.59 Å². The second-order valence-electron chi connectivity index (χ2n) is 5.67. The van der Waals surface area contributed by atoms with Crippen molar-refractivity contribution in [3.05, 3.63) is 29.8 Å². The first kappa shape index (κ1) is 15.2. The number of hydrogen-bond acceptors (Lipinski definition) is 2. The van der Waals surface area contributed by atoms with Gasteiger partial charge in [-0.05, 0) is 24.6 Å². The average molecular weight is 262 g/mol. The standard InChI is InChI=1S/C15H22N2O2/c1-11-6-5-7-12(10-11)17-13(18)8-9-16-14(19)15(2,3)4/h5-7,10H,8-9H2,1-4H3,(H,16,19)(H,17,18). The van der Waals surface area contributed by atoms with Crippen molar-refractivity contribution in [3.63, 3.8) is 0 Å². The molecule has 0 spiro atoms. The van der Waals surface area contributed by atoms with E-state index >= 15 is 0 Å². The Balaban J connectivity index is 2.35. The van der Waals surface area contributed by atoms with Gasteiger partial charge in [-0.1, -0.05) is 32.9 Å². The quantitative estimate of drug-likeness (QED) is 0.875. The van der Waals surface area contributed by atoms with E-state index in [1.165, 1.54) is 0 Å². The second-order valence-corrected chi connectivity index (χ2v) is 5.67. The number of nitrogens with one attached hydrogen (secondary N) is 2. The van der Waals surface area contributed by atoms with Gasteiger partial charge in [0.25, 0.3) is 0 Å². The van der Waals surface area contributed by atoms with Crippen LogP contribution in [-0.2, 0) is 9.59 Å². The molecule has 4 nitrogen and oxygen atoms in total. The van der Waals surface area contributed by atoms with Crippen LogP contribution in [0.2, 0.25) is 0 Å². The Labute approximate surface area is 114 Å². The van der Waals surface area contributed by atoms with E-state index in [0.717, 1.165) is 11.3 Å². The van der Waals surface area contributed by atoms with Crippen molar-refractivity contribution in [1.82, 2.24) is 5.32 Å². The highest BCUT2D eigenvalue weighted by Gasteiger charge is 2.20. The van der Waals surface area contributed by atoms with E-state index in [-0.39, 0.29) is 18.2 Å². The zero-order valence-corrected chi connectivity index (χ0v) is 12.0. The lowest BCUT2D eigenvalue weighted by Crippen LogP contribution is -2.36. The Morgan fingerprint density at radius 1 is 1.21 bits per heavy atom. The molecule has 1 rings (SSSR count). The van der Waals surface area contributed by atoms with Crippen molar-refractivity contribution in [1.29, 1.82) is 0 Å². The lowest BCUT2D eigenvalue weighted by Gasteiger charge is -2.17. The molecule has 19 heavy (non-hydrogen) atoms. The van der Waals surface area contributed by atoms with E-state index in [9.17, 15) is 9.59 Å². The van der Waals surface area contributed by atoms with Crippen LogP contribution in [0.4, 0.5) is 5.69 Å². The third-order valence-corrected chi connectivity index (χ3v) is 2.62. The minimum absolute atomic E-state index is 0.0455. The predicted octanol–water partition coefficient (Wildman–Crippen LogP) is 2.49. The van der Waals surface area contributed by atoms with Crippen LogP contribution in [0.15, 0.2) is 24.3 Å². The fourth-order valence-electron chi connectivity index (χ4n) is 1.50. The summed E-state index contributed by atoms with van der Waals surface area (Å²) in [6.07, 6.45) is 0.274. The number of carbonyl (C=O) groups is 2. The molecular formula is C15H22N2O2. The second kappa shape index (κ2) is 6.36. The molecule has 0 aliphatic carbocycles. The van der Waals surface area contributed by atoms with E-state index in [1.807, 2.05) is 52.0 Å². The molecule has 0 atom stereocenters. The summed E-state index contributed by atoms with van der Waals surface area (Å²) in [4.78, 5) is 23.3. The van der Waals surface area contributed by atoms with Crippen molar-refractivity contribution in [2.24, 2.45) is 5.41 Å². The maximum atomic E-state index is 11.7. The number of hydrogen-bond donors (Lipinski definition) is 2.